The number of nitro groups is 1. The highest BCUT2D eigenvalue weighted by atomic mass is 19.1. The third kappa shape index (κ3) is 2.29. The molecule has 0 bridgehead atoms. The first-order valence-electron chi connectivity index (χ1n) is 5.55. The Morgan fingerprint density at radius 2 is 2.21 bits per heavy atom. The third-order valence-electron chi connectivity index (χ3n) is 2.68. The molecule has 1 aromatic carbocycles. The van der Waals surface area contributed by atoms with Gasteiger partial charge < -0.3 is 9.67 Å². The van der Waals surface area contributed by atoms with E-state index in [1.807, 2.05) is 0 Å². The van der Waals surface area contributed by atoms with E-state index >= 15 is 0 Å². The zero-order valence-corrected chi connectivity index (χ0v) is 10.1. The molecule has 0 saturated heterocycles. The minimum Gasteiger partial charge on any atom is -0.388 e. The molecule has 0 spiro atoms. The summed E-state index contributed by atoms with van der Waals surface area (Å²) in [6.07, 6.45) is 0. The van der Waals surface area contributed by atoms with E-state index < -0.39 is 10.7 Å². The molecule has 2 aromatic rings. The van der Waals surface area contributed by atoms with Crippen molar-refractivity contribution in [3.05, 3.63) is 40.0 Å². The van der Waals surface area contributed by atoms with Crippen molar-refractivity contribution in [2.45, 2.75) is 20.1 Å². The Balaban J connectivity index is 2.65. The fourth-order valence-electron chi connectivity index (χ4n) is 1.83. The maximum Gasteiger partial charge on any atom is 0.283 e. The fourth-order valence-corrected chi connectivity index (χ4v) is 1.83. The first kappa shape index (κ1) is 13.1. The first-order chi connectivity index (χ1) is 9.08. The van der Waals surface area contributed by atoms with Crippen LogP contribution in [0.25, 0.3) is 11.4 Å². The summed E-state index contributed by atoms with van der Waals surface area (Å²) in [6, 6.07) is 3.24. The van der Waals surface area contributed by atoms with Gasteiger partial charge in [0.05, 0.1) is 16.6 Å². The Kier molecular flexibility index (Phi) is 3.52. The lowest BCUT2D eigenvalue weighted by molar-refractivity contribution is -0.384. The van der Waals surface area contributed by atoms with E-state index in [9.17, 15) is 14.5 Å². The number of rotatable bonds is 4. The fraction of sp³-hybridized carbons (Fsp3) is 0.273. The van der Waals surface area contributed by atoms with Crippen LogP contribution in [-0.4, -0.2) is 24.8 Å². The van der Waals surface area contributed by atoms with Crippen molar-refractivity contribution in [1.82, 2.24) is 14.8 Å². The summed E-state index contributed by atoms with van der Waals surface area (Å²) in [6.45, 7) is 1.91. The van der Waals surface area contributed by atoms with E-state index in [1.54, 1.807) is 11.5 Å². The number of nitrogens with zero attached hydrogens (tertiary/aromatic N) is 4. The van der Waals surface area contributed by atoms with Crippen LogP contribution in [-0.2, 0) is 13.2 Å². The van der Waals surface area contributed by atoms with Crippen molar-refractivity contribution in [3.8, 4) is 11.4 Å². The zero-order valence-electron chi connectivity index (χ0n) is 10.1. The average molecular weight is 266 g/mol. The molecule has 0 aliphatic rings. The number of nitro benzene ring substituents is 1. The summed E-state index contributed by atoms with van der Waals surface area (Å²) in [5, 5.41) is 27.6. The summed E-state index contributed by atoms with van der Waals surface area (Å²) < 4.78 is 14.6. The molecule has 1 aromatic heterocycles. The smallest absolute Gasteiger partial charge is 0.283 e. The predicted octanol–water partition coefficient (Wildman–Crippen LogP) is 1.50. The molecule has 0 atom stereocenters. The summed E-state index contributed by atoms with van der Waals surface area (Å²) in [5.74, 6) is -0.158. The number of aromatic nitrogens is 3. The van der Waals surface area contributed by atoms with Crippen LogP contribution in [0, 0.1) is 15.9 Å². The zero-order chi connectivity index (χ0) is 14.0. The highest BCUT2D eigenvalue weighted by Crippen LogP contribution is 2.29. The van der Waals surface area contributed by atoms with Crippen molar-refractivity contribution in [2.75, 3.05) is 0 Å². The molecule has 7 nitrogen and oxygen atoms in total. The molecule has 19 heavy (non-hydrogen) atoms. The van der Waals surface area contributed by atoms with E-state index in [1.165, 1.54) is 6.07 Å². The number of hydrogen-bond acceptors (Lipinski definition) is 5. The lowest BCUT2D eigenvalue weighted by Crippen LogP contribution is -2.04. The van der Waals surface area contributed by atoms with Crippen molar-refractivity contribution in [3.63, 3.8) is 0 Å². The number of halogens is 1. The van der Waals surface area contributed by atoms with E-state index in [0.717, 1.165) is 12.1 Å². The van der Waals surface area contributed by atoms with Crippen LogP contribution in [0.15, 0.2) is 18.2 Å². The van der Waals surface area contributed by atoms with Gasteiger partial charge in [0.1, 0.15) is 12.4 Å². The minimum atomic E-state index is -0.694. The number of hydrogen-bond donors (Lipinski definition) is 1. The summed E-state index contributed by atoms with van der Waals surface area (Å²) in [5.41, 5.74) is -0.216. The lowest BCUT2D eigenvalue weighted by Gasteiger charge is -2.06. The number of benzene rings is 1. The molecule has 0 aliphatic carbocycles. The van der Waals surface area contributed by atoms with Gasteiger partial charge in [-0.25, -0.2) is 4.39 Å². The van der Waals surface area contributed by atoms with Crippen molar-refractivity contribution in [2.24, 2.45) is 0 Å². The van der Waals surface area contributed by atoms with Crippen molar-refractivity contribution >= 4 is 5.69 Å². The van der Waals surface area contributed by atoms with Gasteiger partial charge in [-0.05, 0) is 19.1 Å². The van der Waals surface area contributed by atoms with Crippen LogP contribution in [0.2, 0.25) is 0 Å². The van der Waals surface area contributed by atoms with Crippen LogP contribution in [0.4, 0.5) is 10.1 Å². The van der Waals surface area contributed by atoms with Gasteiger partial charge >= 0.3 is 0 Å². The van der Waals surface area contributed by atoms with E-state index in [4.69, 9.17) is 5.11 Å². The van der Waals surface area contributed by atoms with Crippen LogP contribution >= 0.6 is 0 Å². The first-order valence-corrected chi connectivity index (χ1v) is 5.55. The second kappa shape index (κ2) is 5.11. The molecule has 0 radical (unpaired) electrons. The van der Waals surface area contributed by atoms with E-state index in [0.29, 0.717) is 12.4 Å². The summed E-state index contributed by atoms with van der Waals surface area (Å²) >= 11 is 0. The second-order valence-corrected chi connectivity index (χ2v) is 3.76. The Morgan fingerprint density at radius 1 is 1.47 bits per heavy atom. The van der Waals surface area contributed by atoms with Gasteiger partial charge in [0.15, 0.2) is 11.6 Å². The quantitative estimate of drug-likeness (QED) is 0.668. The average Bonchev–Trinajstić information content (AvgIpc) is 2.81. The monoisotopic (exact) mass is 266 g/mol. The van der Waals surface area contributed by atoms with Crippen LogP contribution < -0.4 is 0 Å². The van der Waals surface area contributed by atoms with Crippen LogP contribution in [0.1, 0.15) is 12.7 Å². The Labute approximate surface area is 107 Å². The van der Waals surface area contributed by atoms with Crippen molar-refractivity contribution < 1.29 is 14.4 Å². The number of aliphatic hydroxyl groups excluding tert-OH is 1. The van der Waals surface area contributed by atoms with Gasteiger partial charge in [-0.2, -0.15) is 0 Å². The van der Waals surface area contributed by atoms with Gasteiger partial charge in [-0.3, -0.25) is 10.1 Å². The second-order valence-electron chi connectivity index (χ2n) is 3.76. The molecule has 0 unspecified atom stereocenters. The maximum atomic E-state index is 13.1. The molecule has 1 heterocycles. The summed E-state index contributed by atoms with van der Waals surface area (Å²) in [4.78, 5) is 10.3. The standard InChI is InChI=1S/C11H11FN4O3/c1-2-15-10(6-17)13-14-11(15)8-4-3-7(12)5-9(8)16(18)19/h3-5,17H,2,6H2,1H3. The summed E-state index contributed by atoms with van der Waals surface area (Å²) in [7, 11) is 0. The topological polar surface area (TPSA) is 94.1 Å². The van der Waals surface area contributed by atoms with Crippen molar-refractivity contribution in [1.29, 1.82) is 0 Å². The van der Waals surface area contributed by atoms with E-state index in [2.05, 4.69) is 10.2 Å². The highest BCUT2D eigenvalue weighted by Gasteiger charge is 2.22. The highest BCUT2D eigenvalue weighted by molar-refractivity contribution is 5.68. The molecule has 0 amide bonds. The maximum absolute atomic E-state index is 13.1. The molecular weight excluding hydrogens is 255 g/mol. The van der Waals surface area contributed by atoms with Crippen LogP contribution in [0.3, 0.4) is 0 Å². The minimum absolute atomic E-state index is 0.167. The van der Waals surface area contributed by atoms with Gasteiger partial charge in [-0.15, -0.1) is 10.2 Å². The molecule has 100 valence electrons. The van der Waals surface area contributed by atoms with E-state index in [-0.39, 0.29) is 23.7 Å². The third-order valence-corrected chi connectivity index (χ3v) is 2.68. The SMILES string of the molecule is CCn1c(CO)nnc1-c1ccc(F)cc1[N+](=O)[O-]. The molecule has 2 rings (SSSR count). The molecular formula is C11H11FN4O3. The Bertz CT molecular complexity index is 626. The van der Waals surface area contributed by atoms with Gasteiger partial charge in [0.2, 0.25) is 0 Å². The molecule has 0 fully saturated rings. The Morgan fingerprint density at radius 3 is 2.79 bits per heavy atom. The van der Waals surface area contributed by atoms with Crippen LogP contribution in [0.5, 0.6) is 0 Å². The molecule has 0 saturated carbocycles. The predicted molar refractivity (Wildman–Crippen MR) is 63.7 cm³/mol. The molecule has 0 aliphatic heterocycles. The van der Waals surface area contributed by atoms with Gasteiger partial charge in [0, 0.05) is 6.54 Å². The largest absolute Gasteiger partial charge is 0.388 e. The number of aliphatic hydroxyl groups is 1. The Hall–Kier alpha value is -2.35. The van der Waals surface area contributed by atoms with Gasteiger partial charge in [0.25, 0.3) is 5.69 Å². The molecule has 1 N–H and O–H groups in total. The normalized spacial score (nSPS) is 10.7. The molecule has 8 heteroatoms. The lowest BCUT2D eigenvalue weighted by atomic mass is 10.1. The van der Waals surface area contributed by atoms with Gasteiger partial charge in [-0.1, -0.05) is 0 Å².